The fourth-order valence-electron chi connectivity index (χ4n) is 1.68. The second-order valence-electron chi connectivity index (χ2n) is 4.76. The Bertz CT molecular complexity index is 481. The fourth-order valence-corrected chi connectivity index (χ4v) is 1.97. The number of benzene rings is 1. The van der Waals surface area contributed by atoms with Crippen molar-refractivity contribution in [3.05, 3.63) is 22.7 Å². The smallest absolute Gasteiger partial charge is 0.340 e. The molecule has 1 aromatic rings. The number of methoxy groups -OCH3 is 1. The zero-order valence-corrected chi connectivity index (χ0v) is 13.4. The van der Waals surface area contributed by atoms with Gasteiger partial charge in [-0.05, 0) is 26.2 Å². The second kappa shape index (κ2) is 8.71. The molecule has 1 aromatic carbocycles. The number of esters is 1. The fraction of sp³-hybridized carbons (Fsp3) is 0.500. The number of nitrogens with one attached hydrogen (secondary N) is 1. The van der Waals surface area contributed by atoms with Gasteiger partial charge in [0.05, 0.1) is 36.6 Å². The Morgan fingerprint density at radius 1 is 1.38 bits per heavy atom. The van der Waals surface area contributed by atoms with Crippen LogP contribution in [0.1, 0.15) is 10.4 Å². The van der Waals surface area contributed by atoms with Crippen molar-refractivity contribution in [3.63, 3.8) is 0 Å². The van der Waals surface area contributed by atoms with E-state index >= 15 is 0 Å². The Morgan fingerprint density at radius 3 is 2.71 bits per heavy atom. The Hall–Kier alpha value is -1.50. The van der Waals surface area contributed by atoms with Crippen molar-refractivity contribution in [3.8, 4) is 0 Å². The number of nitrogens with two attached hydrogens (primary N) is 1. The van der Waals surface area contributed by atoms with E-state index in [4.69, 9.17) is 26.8 Å². The van der Waals surface area contributed by atoms with Crippen molar-refractivity contribution in [1.82, 2.24) is 4.90 Å². The molecule has 3 N–H and O–H groups in total. The minimum Gasteiger partial charge on any atom is -0.465 e. The summed E-state index contributed by atoms with van der Waals surface area (Å²) in [5.41, 5.74) is 6.93. The highest BCUT2D eigenvalue weighted by atomic mass is 35.5. The number of hydrogen-bond acceptors (Lipinski definition) is 6. The molecule has 6 nitrogen and oxygen atoms in total. The zero-order valence-electron chi connectivity index (χ0n) is 12.6. The molecule has 0 aliphatic rings. The summed E-state index contributed by atoms with van der Waals surface area (Å²) in [5, 5.41) is 3.46. The Morgan fingerprint density at radius 2 is 2.10 bits per heavy atom. The number of ether oxygens (including phenoxy) is 2. The number of rotatable bonds is 8. The van der Waals surface area contributed by atoms with Gasteiger partial charge in [0.15, 0.2) is 0 Å². The van der Waals surface area contributed by atoms with Crippen molar-refractivity contribution in [1.29, 1.82) is 0 Å². The average Bonchev–Trinajstić information content (AvgIpc) is 2.42. The molecule has 0 saturated carbocycles. The molecule has 0 aromatic heterocycles. The third kappa shape index (κ3) is 5.79. The van der Waals surface area contributed by atoms with E-state index < -0.39 is 5.97 Å². The van der Waals surface area contributed by atoms with Crippen LogP contribution in [0.25, 0.3) is 0 Å². The molecule has 0 saturated heterocycles. The molecule has 0 unspecified atom stereocenters. The summed E-state index contributed by atoms with van der Waals surface area (Å²) in [6.45, 7) is 2.54. The number of likely N-dealkylation sites (N-methyl/N-ethyl adjacent to an activating group) is 1. The highest BCUT2D eigenvalue weighted by Gasteiger charge is 2.15. The Balaban J connectivity index is 2.59. The SMILES string of the molecule is COC(=O)c1cc(N)cc(Cl)c1NCCOCCN(C)C. The maximum Gasteiger partial charge on any atom is 0.340 e. The lowest BCUT2D eigenvalue weighted by Crippen LogP contribution is -2.20. The molecule has 21 heavy (non-hydrogen) atoms. The lowest BCUT2D eigenvalue weighted by atomic mass is 10.1. The van der Waals surface area contributed by atoms with E-state index in [2.05, 4.69) is 5.32 Å². The van der Waals surface area contributed by atoms with Gasteiger partial charge in [0.25, 0.3) is 0 Å². The molecule has 0 radical (unpaired) electrons. The van der Waals surface area contributed by atoms with Gasteiger partial charge in [-0.15, -0.1) is 0 Å². The Labute approximate surface area is 130 Å². The molecule has 0 heterocycles. The number of nitrogens with zero attached hydrogens (tertiary/aromatic N) is 1. The van der Waals surface area contributed by atoms with Crippen LogP contribution in [0.3, 0.4) is 0 Å². The molecule has 0 fully saturated rings. The molecule has 0 amide bonds. The van der Waals surface area contributed by atoms with Crippen LogP contribution in [0.15, 0.2) is 12.1 Å². The van der Waals surface area contributed by atoms with Gasteiger partial charge >= 0.3 is 5.97 Å². The predicted octanol–water partition coefficient (Wildman–Crippen LogP) is 1.70. The molecule has 0 spiro atoms. The van der Waals surface area contributed by atoms with Crippen LogP contribution in [-0.4, -0.2) is 58.4 Å². The van der Waals surface area contributed by atoms with Crippen molar-refractivity contribution in [2.75, 3.05) is 58.6 Å². The minimum atomic E-state index is -0.486. The number of carbonyl (C=O) groups is 1. The van der Waals surface area contributed by atoms with Gasteiger partial charge in [0.1, 0.15) is 0 Å². The summed E-state index contributed by atoms with van der Waals surface area (Å²) in [6, 6.07) is 3.12. The van der Waals surface area contributed by atoms with Gasteiger partial charge in [-0.2, -0.15) is 0 Å². The number of anilines is 2. The van der Waals surface area contributed by atoms with E-state index in [9.17, 15) is 4.79 Å². The van der Waals surface area contributed by atoms with E-state index in [0.29, 0.717) is 41.7 Å². The first-order chi connectivity index (χ1) is 9.95. The lowest BCUT2D eigenvalue weighted by molar-refractivity contribution is 0.0601. The van der Waals surface area contributed by atoms with Gasteiger partial charge in [-0.25, -0.2) is 4.79 Å². The summed E-state index contributed by atoms with van der Waals surface area (Å²) in [4.78, 5) is 13.8. The highest BCUT2D eigenvalue weighted by molar-refractivity contribution is 6.34. The minimum absolute atomic E-state index is 0.316. The summed E-state index contributed by atoms with van der Waals surface area (Å²) in [6.07, 6.45) is 0. The van der Waals surface area contributed by atoms with Crippen molar-refractivity contribution in [2.45, 2.75) is 0 Å². The van der Waals surface area contributed by atoms with Crippen LogP contribution in [0.4, 0.5) is 11.4 Å². The molecule has 7 heteroatoms. The molecular weight excluding hydrogens is 294 g/mol. The van der Waals surface area contributed by atoms with Gasteiger partial charge in [-0.3, -0.25) is 0 Å². The summed E-state index contributed by atoms with van der Waals surface area (Å²) in [5.74, 6) is -0.486. The van der Waals surface area contributed by atoms with E-state index in [1.54, 1.807) is 6.07 Å². The van der Waals surface area contributed by atoms with E-state index in [1.165, 1.54) is 13.2 Å². The van der Waals surface area contributed by atoms with Crippen LogP contribution < -0.4 is 11.1 Å². The lowest BCUT2D eigenvalue weighted by Gasteiger charge is -2.14. The molecule has 0 aliphatic heterocycles. The molecule has 0 atom stereocenters. The van der Waals surface area contributed by atoms with Crippen LogP contribution in [0.5, 0.6) is 0 Å². The summed E-state index contributed by atoms with van der Waals surface area (Å²) < 4.78 is 10.2. The number of hydrogen-bond donors (Lipinski definition) is 2. The maximum absolute atomic E-state index is 11.7. The van der Waals surface area contributed by atoms with E-state index in [-0.39, 0.29) is 0 Å². The first-order valence-electron chi connectivity index (χ1n) is 6.59. The largest absolute Gasteiger partial charge is 0.465 e. The van der Waals surface area contributed by atoms with Gasteiger partial charge in [0, 0.05) is 18.8 Å². The van der Waals surface area contributed by atoms with Crippen LogP contribution >= 0.6 is 11.6 Å². The standard InChI is InChI=1S/C14H22ClN3O3/c1-18(2)5-7-21-6-4-17-13-11(14(19)20-3)8-10(16)9-12(13)15/h8-9,17H,4-7,16H2,1-3H3. The number of nitrogen functional groups attached to an aromatic ring is 1. The van der Waals surface area contributed by atoms with Crippen LogP contribution in [0, 0.1) is 0 Å². The topological polar surface area (TPSA) is 76.8 Å². The average molecular weight is 316 g/mol. The quantitative estimate of drug-likeness (QED) is 0.432. The first-order valence-corrected chi connectivity index (χ1v) is 6.97. The van der Waals surface area contributed by atoms with E-state index in [0.717, 1.165) is 6.54 Å². The Kier molecular flexibility index (Phi) is 7.28. The van der Waals surface area contributed by atoms with Crippen molar-refractivity contribution >= 4 is 28.9 Å². The number of carbonyl (C=O) groups excluding carboxylic acids is 1. The highest BCUT2D eigenvalue weighted by Crippen LogP contribution is 2.29. The predicted molar refractivity (Wildman–Crippen MR) is 85.1 cm³/mol. The summed E-state index contributed by atoms with van der Waals surface area (Å²) in [7, 11) is 5.28. The first kappa shape index (κ1) is 17.6. The zero-order chi connectivity index (χ0) is 15.8. The van der Waals surface area contributed by atoms with Crippen molar-refractivity contribution in [2.24, 2.45) is 0 Å². The summed E-state index contributed by atoms with van der Waals surface area (Å²) >= 11 is 6.12. The maximum atomic E-state index is 11.7. The third-order valence-electron chi connectivity index (χ3n) is 2.75. The van der Waals surface area contributed by atoms with Crippen LogP contribution in [0.2, 0.25) is 5.02 Å². The van der Waals surface area contributed by atoms with Crippen LogP contribution in [-0.2, 0) is 9.47 Å². The second-order valence-corrected chi connectivity index (χ2v) is 5.17. The molecule has 0 bridgehead atoms. The molecular formula is C14H22ClN3O3. The monoisotopic (exact) mass is 315 g/mol. The molecule has 118 valence electrons. The van der Waals surface area contributed by atoms with E-state index in [1.807, 2.05) is 19.0 Å². The molecule has 0 aliphatic carbocycles. The van der Waals surface area contributed by atoms with Gasteiger partial charge in [0.2, 0.25) is 0 Å². The normalized spacial score (nSPS) is 10.7. The molecule has 1 rings (SSSR count). The van der Waals surface area contributed by atoms with Gasteiger partial charge < -0.3 is 25.4 Å². The number of halogens is 1. The van der Waals surface area contributed by atoms with Gasteiger partial charge in [-0.1, -0.05) is 11.6 Å². The van der Waals surface area contributed by atoms with Crippen molar-refractivity contribution < 1.29 is 14.3 Å². The third-order valence-corrected chi connectivity index (χ3v) is 3.05.